The third-order valence-corrected chi connectivity index (χ3v) is 2.64. The summed E-state index contributed by atoms with van der Waals surface area (Å²) in [7, 11) is 1.47. The molecule has 0 aliphatic carbocycles. The normalized spacial score (nSPS) is 10.6. The Hall–Kier alpha value is -3.36. The first-order valence-corrected chi connectivity index (χ1v) is 6.02. The summed E-state index contributed by atoms with van der Waals surface area (Å²) in [5, 5.41) is 14.1. The van der Waals surface area contributed by atoms with Gasteiger partial charge in [-0.05, 0) is 24.3 Å². The van der Waals surface area contributed by atoms with Crippen LogP contribution in [-0.4, -0.2) is 24.2 Å². The van der Waals surface area contributed by atoms with Crippen molar-refractivity contribution in [3.05, 3.63) is 51.8 Å². The Morgan fingerprint density at radius 2 is 2.23 bits per heavy atom. The Morgan fingerprint density at radius 1 is 1.45 bits per heavy atom. The van der Waals surface area contributed by atoms with E-state index in [9.17, 15) is 14.9 Å². The van der Waals surface area contributed by atoms with Crippen molar-refractivity contribution in [2.24, 2.45) is 5.10 Å². The van der Waals surface area contributed by atoms with Crippen LogP contribution >= 0.6 is 0 Å². The molecule has 1 amide bonds. The van der Waals surface area contributed by atoms with E-state index >= 15 is 0 Å². The average Bonchev–Trinajstić information content (AvgIpc) is 2.96. The highest BCUT2D eigenvalue weighted by molar-refractivity contribution is 5.95. The van der Waals surface area contributed by atoms with Crippen LogP contribution in [0, 0.1) is 10.1 Å². The first kappa shape index (κ1) is 15.0. The Bertz CT molecular complexity index is 738. The van der Waals surface area contributed by atoms with Crippen LogP contribution in [-0.2, 0) is 0 Å². The molecule has 0 unspecified atom stereocenters. The van der Waals surface area contributed by atoms with Gasteiger partial charge in [0.15, 0.2) is 5.76 Å². The molecule has 22 heavy (non-hydrogen) atoms. The number of hydrazone groups is 1. The Balaban J connectivity index is 2.01. The maximum absolute atomic E-state index is 11.8. The van der Waals surface area contributed by atoms with Gasteiger partial charge in [0.2, 0.25) is 0 Å². The molecule has 0 saturated carbocycles. The van der Waals surface area contributed by atoms with Gasteiger partial charge >= 0.3 is 5.88 Å². The fraction of sp³-hybridized carbons (Fsp3) is 0.0769. The molecule has 9 nitrogen and oxygen atoms in total. The van der Waals surface area contributed by atoms with Gasteiger partial charge in [0.1, 0.15) is 10.7 Å². The van der Waals surface area contributed by atoms with Crippen molar-refractivity contribution < 1.29 is 18.9 Å². The number of rotatable bonds is 5. The van der Waals surface area contributed by atoms with Crippen LogP contribution < -0.4 is 15.9 Å². The number of nitrogens with zero attached hydrogens (tertiary/aromatic N) is 2. The molecule has 0 radical (unpaired) electrons. The van der Waals surface area contributed by atoms with Gasteiger partial charge in [0.25, 0.3) is 5.91 Å². The van der Waals surface area contributed by atoms with Gasteiger partial charge in [0.05, 0.1) is 25.1 Å². The highest BCUT2D eigenvalue weighted by atomic mass is 16.6. The topological polar surface area (TPSA) is 133 Å². The lowest BCUT2D eigenvalue weighted by Crippen LogP contribution is -2.17. The Kier molecular flexibility index (Phi) is 4.37. The van der Waals surface area contributed by atoms with Crippen molar-refractivity contribution in [3.63, 3.8) is 0 Å². The second-order valence-electron chi connectivity index (χ2n) is 4.09. The van der Waals surface area contributed by atoms with Crippen molar-refractivity contribution in [1.29, 1.82) is 0 Å². The molecule has 0 aliphatic heterocycles. The molecule has 9 heteroatoms. The molecule has 0 bridgehead atoms. The highest BCUT2D eigenvalue weighted by Gasteiger charge is 2.11. The minimum atomic E-state index is -0.671. The number of carbonyl (C=O) groups excluding carboxylic acids is 1. The van der Waals surface area contributed by atoms with Crippen LogP contribution in [0.25, 0.3) is 0 Å². The monoisotopic (exact) mass is 304 g/mol. The molecule has 2 aromatic rings. The van der Waals surface area contributed by atoms with Crippen LogP contribution in [0.1, 0.15) is 16.1 Å². The number of benzene rings is 1. The number of hydrogen-bond acceptors (Lipinski definition) is 7. The first-order chi connectivity index (χ1) is 10.5. The fourth-order valence-corrected chi connectivity index (χ4v) is 1.60. The van der Waals surface area contributed by atoms with Crippen molar-refractivity contribution in [2.45, 2.75) is 0 Å². The largest absolute Gasteiger partial charge is 0.495 e. The molecule has 1 aromatic heterocycles. The summed E-state index contributed by atoms with van der Waals surface area (Å²) in [6.45, 7) is 0. The third kappa shape index (κ3) is 3.39. The molecular weight excluding hydrogens is 292 g/mol. The second kappa shape index (κ2) is 6.39. The number of carbonyl (C=O) groups is 1. The van der Waals surface area contributed by atoms with Gasteiger partial charge < -0.3 is 14.9 Å². The van der Waals surface area contributed by atoms with Crippen LogP contribution in [0.15, 0.2) is 39.9 Å². The molecule has 2 rings (SSSR count). The van der Waals surface area contributed by atoms with E-state index in [-0.39, 0.29) is 5.76 Å². The lowest BCUT2D eigenvalue weighted by atomic mass is 10.2. The lowest BCUT2D eigenvalue weighted by molar-refractivity contribution is -0.402. The van der Waals surface area contributed by atoms with E-state index in [1.165, 1.54) is 31.4 Å². The number of nitro groups is 1. The van der Waals surface area contributed by atoms with E-state index in [0.717, 1.165) is 6.21 Å². The summed E-state index contributed by atoms with van der Waals surface area (Å²) in [4.78, 5) is 21.6. The lowest BCUT2D eigenvalue weighted by Gasteiger charge is -2.05. The van der Waals surface area contributed by atoms with Crippen molar-refractivity contribution in [2.75, 3.05) is 12.8 Å². The van der Waals surface area contributed by atoms with Gasteiger partial charge in [-0.25, -0.2) is 5.43 Å². The summed E-state index contributed by atoms with van der Waals surface area (Å²) in [6.07, 6.45) is 1.15. The number of hydrogen-bond donors (Lipinski definition) is 2. The second-order valence-corrected chi connectivity index (χ2v) is 4.09. The van der Waals surface area contributed by atoms with E-state index < -0.39 is 16.7 Å². The number of nitrogens with two attached hydrogens (primary N) is 1. The predicted octanol–water partition coefficient (Wildman–Crippen LogP) is 1.54. The Morgan fingerprint density at radius 3 is 2.82 bits per heavy atom. The molecule has 3 N–H and O–H groups in total. The van der Waals surface area contributed by atoms with E-state index in [2.05, 4.69) is 10.5 Å². The summed E-state index contributed by atoms with van der Waals surface area (Å²) in [6, 6.07) is 7.08. The van der Waals surface area contributed by atoms with E-state index in [1.54, 1.807) is 6.07 Å². The number of nitrogen functional groups attached to an aromatic ring is 1. The summed E-state index contributed by atoms with van der Waals surface area (Å²) in [5.74, 6) is -0.299. The van der Waals surface area contributed by atoms with E-state index in [0.29, 0.717) is 17.0 Å². The number of methoxy groups -OCH3 is 1. The molecular formula is C13H12N4O5. The smallest absolute Gasteiger partial charge is 0.433 e. The number of amides is 1. The molecule has 0 spiro atoms. The minimum absolute atomic E-state index is 0.140. The van der Waals surface area contributed by atoms with E-state index in [1.807, 2.05) is 0 Å². The number of nitrogens with one attached hydrogen (secondary N) is 1. The average molecular weight is 304 g/mol. The van der Waals surface area contributed by atoms with Gasteiger partial charge in [-0.2, -0.15) is 5.10 Å². The predicted molar refractivity (Wildman–Crippen MR) is 77.8 cm³/mol. The fourth-order valence-electron chi connectivity index (χ4n) is 1.60. The molecule has 1 aromatic carbocycles. The van der Waals surface area contributed by atoms with Crippen molar-refractivity contribution in [3.8, 4) is 5.75 Å². The molecule has 0 saturated heterocycles. The Labute approximate surface area is 124 Å². The summed E-state index contributed by atoms with van der Waals surface area (Å²) < 4.78 is 9.83. The molecule has 0 fully saturated rings. The molecule has 114 valence electrons. The van der Waals surface area contributed by atoms with Crippen LogP contribution in [0.4, 0.5) is 11.6 Å². The quantitative estimate of drug-likeness (QED) is 0.372. The molecule has 1 heterocycles. The number of ether oxygens (including phenoxy) is 1. The van der Waals surface area contributed by atoms with Gasteiger partial charge in [-0.3, -0.25) is 14.9 Å². The maximum Gasteiger partial charge on any atom is 0.433 e. The van der Waals surface area contributed by atoms with Gasteiger partial charge in [0, 0.05) is 5.56 Å². The zero-order chi connectivity index (χ0) is 16.1. The number of furan rings is 1. The molecule has 0 aliphatic rings. The van der Waals surface area contributed by atoms with Gasteiger partial charge in [-0.1, -0.05) is 0 Å². The van der Waals surface area contributed by atoms with Crippen LogP contribution in [0.3, 0.4) is 0 Å². The van der Waals surface area contributed by atoms with Gasteiger partial charge in [-0.15, -0.1) is 0 Å². The van der Waals surface area contributed by atoms with Crippen LogP contribution in [0.2, 0.25) is 0 Å². The number of anilines is 1. The van der Waals surface area contributed by atoms with Crippen molar-refractivity contribution in [1.82, 2.24) is 5.43 Å². The van der Waals surface area contributed by atoms with Crippen molar-refractivity contribution >= 4 is 23.7 Å². The summed E-state index contributed by atoms with van der Waals surface area (Å²) >= 11 is 0. The zero-order valence-corrected chi connectivity index (χ0v) is 11.5. The SMILES string of the molecule is COc1ccc(C(=O)N/N=C/c2ccc([N+](=O)[O-])o2)cc1N. The maximum atomic E-state index is 11.8. The van der Waals surface area contributed by atoms with Crippen LogP contribution in [0.5, 0.6) is 5.75 Å². The standard InChI is InChI=1S/C13H12N4O5/c1-21-11-4-2-8(6-10(11)14)13(18)16-15-7-9-3-5-12(22-9)17(19)20/h2-7H,14H2,1H3,(H,16,18)/b15-7+. The third-order valence-electron chi connectivity index (χ3n) is 2.64. The zero-order valence-electron chi connectivity index (χ0n) is 11.5. The first-order valence-electron chi connectivity index (χ1n) is 6.02. The van der Waals surface area contributed by atoms with E-state index in [4.69, 9.17) is 14.9 Å². The minimum Gasteiger partial charge on any atom is -0.495 e. The molecule has 0 atom stereocenters. The highest BCUT2D eigenvalue weighted by Crippen LogP contribution is 2.21. The summed E-state index contributed by atoms with van der Waals surface area (Å²) in [5.41, 5.74) is 8.57.